The van der Waals surface area contributed by atoms with Gasteiger partial charge in [-0.3, -0.25) is 0 Å². The molecule has 0 bridgehead atoms. The molecule has 1 aromatic carbocycles. The first-order valence-electron chi connectivity index (χ1n) is 7.92. The second-order valence-electron chi connectivity index (χ2n) is 6.99. The Morgan fingerprint density at radius 2 is 1.86 bits per heavy atom. The Morgan fingerprint density at radius 3 is 2.38 bits per heavy atom. The fourth-order valence-electron chi connectivity index (χ4n) is 2.73. The number of hydrogen-bond donors (Lipinski definition) is 0. The maximum Gasteiger partial charge on any atom is 0.410 e. The molecule has 1 fully saturated rings. The molecule has 21 heavy (non-hydrogen) atoms. The smallest absolute Gasteiger partial charge is 0.410 e. The maximum absolute atomic E-state index is 12.5. The lowest BCUT2D eigenvalue weighted by Crippen LogP contribution is -2.48. The molecule has 0 radical (unpaired) electrons. The van der Waals surface area contributed by atoms with Gasteiger partial charge in [0.2, 0.25) is 0 Å². The third kappa shape index (κ3) is 4.48. The lowest BCUT2D eigenvalue weighted by Gasteiger charge is -2.43. The van der Waals surface area contributed by atoms with Gasteiger partial charge in [0, 0.05) is 12.6 Å². The molecule has 0 saturated heterocycles. The number of benzene rings is 1. The standard InChI is InChI=1S/C18H27NO2/c1-5-14-11-16(12-14)19(17(20)21-18(2,3)4)13-15-9-7-6-8-10-15/h6-10,14,16H,5,11-13H2,1-4H3. The van der Waals surface area contributed by atoms with Gasteiger partial charge in [-0.15, -0.1) is 0 Å². The molecule has 3 heteroatoms. The normalized spacial score (nSPS) is 21.5. The van der Waals surface area contributed by atoms with Gasteiger partial charge in [0.1, 0.15) is 5.60 Å². The van der Waals surface area contributed by atoms with E-state index in [1.165, 1.54) is 6.42 Å². The van der Waals surface area contributed by atoms with Crippen molar-refractivity contribution in [1.82, 2.24) is 4.90 Å². The molecule has 0 aromatic heterocycles. The Morgan fingerprint density at radius 1 is 1.24 bits per heavy atom. The Kier molecular flexibility index (Phi) is 4.92. The zero-order chi connectivity index (χ0) is 15.5. The van der Waals surface area contributed by atoms with E-state index >= 15 is 0 Å². The van der Waals surface area contributed by atoms with E-state index in [0.717, 1.165) is 24.3 Å². The van der Waals surface area contributed by atoms with Gasteiger partial charge in [-0.25, -0.2) is 4.79 Å². The van der Waals surface area contributed by atoms with Crippen LogP contribution in [0.3, 0.4) is 0 Å². The molecular formula is C18H27NO2. The molecule has 0 atom stereocenters. The fourth-order valence-corrected chi connectivity index (χ4v) is 2.73. The van der Waals surface area contributed by atoms with E-state index in [4.69, 9.17) is 4.74 Å². The molecule has 0 unspecified atom stereocenters. The minimum atomic E-state index is -0.445. The zero-order valence-electron chi connectivity index (χ0n) is 13.6. The summed E-state index contributed by atoms with van der Waals surface area (Å²) in [4.78, 5) is 14.4. The molecule has 1 aliphatic carbocycles. The molecule has 116 valence electrons. The van der Waals surface area contributed by atoms with E-state index in [0.29, 0.717) is 12.6 Å². The highest BCUT2D eigenvalue weighted by molar-refractivity contribution is 5.68. The number of amides is 1. The summed E-state index contributed by atoms with van der Waals surface area (Å²) in [5.74, 6) is 0.760. The number of rotatable bonds is 4. The van der Waals surface area contributed by atoms with E-state index in [1.807, 2.05) is 43.9 Å². The predicted octanol–water partition coefficient (Wildman–Crippen LogP) is 4.61. The minimum Gasteiger partial charge on any atom is -0.444 e. The molecular weight excluding hydrogens is 262 g/mol. The van der Waals surface area contributed by atoms with Crippen LogP contribution < -0.4 is 0 Å². The van der Waals surface area contributed by atoms with Crippen molar-refractivity contribution in [3.8, 4) is 0 Å². The number of ether oxygens (including phenoxy) is 1. The van der Waals surface area contributed by atoms with Crippen LogP contribution in [0.1, 0.15) is 52.5 Å². The Balaban J connectivity index is 2.06. The molecule has 1 saturated carbocycles. The molecule has 1 aromatic rings. The summed E-state index contributed by atoms with van der Waals surface area (Å²) in [6, 6.07) is 10.5. The summed E-state index contributed by atoms with van der Waals surface area (Å²) in [7, 11) is 0. The first kappa shape index (κ1) is 15.9. The molecule has 0 aliphatic heterocycles. The molecule has 1 aliphatic rings. The summed E-state index contributed by atoms with van der Waals surface area (Å²) >= 11 is 0. The molecule has 0 spiro atoms. The zero-order valence-corrected chi connectivity index (χ0v) is 13.6. The van der Waals surface area contributed by atoms with Gasteiger partial charge < -0.3 is 9.64 Å². The summed E-state index contributed by atoms with van der Waals surface area (Å²) < 4.78 is 5.58. The van der Waals surface area contributed by atoms with Crippen LogP contribution in [0, 0.1) is 5.92 Å². The van der Waals surface area contributed by atoms with E-state index in [9.17, 15) is 4.79 Å². The second-order valence-corrected chi connectivity index (χ2v) is 6.99. The van der Waals surface area contributed by atoms with Gasteiger partial charge in [0.15, 0.2) is 0 Å². The van der Waals surface area contributed by atoms with Crippen LogP contribution in [0.5, 0.6) is 0 Å². The van der Waals surface area contributed by atoms with E-state index in [1.54, 1.807) is 0 Å². The third-order valence-corrected chi connectivity index (χ3v) is 4.05. The average molecular weight is 289 g/mol. The summed E-state index contributed by atoms with van der Waals surface area (Å²) in [5.41, 5.74) is 0.711. The minimum absolute atomic E-state index is 0.189. The summed E-state index contributed by atoms with van der Waals surface area (Å²) in [6.07, 6.45) is 3.21. The van der Waals surface area contributed by atoms with E-state index in [2.05, 4.69) is 19.1 Å². The summed E-state index contributed by atoms with van der Waals surface area (Å²) in [5, 5.41) is 0. The van der Waals surface area contributed by atoms with Gasteiger partial charge >= 0.3 is 6.09 Å². The van der Waals surface area contributed by atoms with Crippen LogP contribution in [0.25, 0.3) is 0 Å². The highest BCUT2D eigenvalue weighted by Gasteiger charge is 2.36. The SMILES string of the molecule is CCC1CC(N(Cc2ccccc2)C(=O)OC(C)(C)C)C1. The highest BCUT2D eigenvalue weighted by atomic mass is 16.6. The molecule has 0 N–H and O–H groups in total. The van der Waals surface area contributed by atoms with Crippen LogP contribution in [-0.4, -0.2) is 22.6 Å². The topological polar surface area (TPSA) is 29.5 Å². The van der Waals surface area contributed by atoms with Crippen molar-refractivity contribution in [2.45, 2.75) is 65.1 Å². The average Bonchev–Trinajstić information content (AvgIpc) is 2.35. The van der Waals surface area contributed by atoms with E-state index < -0.39 is 5.60 Å². The molecule has 1 amide bonds. The van der Waals surface area contributed by atoms with Gasteiger partial charge in [-0.05, 0) is 45.1 Å². The van der Waals surface area contributed by atoms with Crippen LogP contribution in [-0.2, 0) is 11.3 Å². The monoisotopic (exact) mass is 289 g/mol. The summed E-state index contributed by atoms with van der Waals surface area (Å²) in [6.45, 7) is 8.61. The quantitative estimate of drug-likeness (QED) is 0.810. The van der Waals surface area contributed by atoms with Gasteiger partial charge in [0.25, 0.3) is 0 Å². The third-order valence-electron chi connectivity index (χ3n) is 4.05. The Labute approximate surface area is 128 Å². The van der Waals surface area contributed by atoms with Crippen molar-refractivity contribution in [1.29, 1.82) is 0 Å². The van der Waals surface area contributed by atoms with Crippen molar-refractivity contribution < 1.29 is 9.53 Å². The van der Waals surface area contributed by atoms with Crippen molar-refractivity contribution in [3.63, 3.8) is 0 Å². The van der Waals surface area contributed by atoms with E-state index in [-0.39, 0.29) is 6.09 Å². The second kappa shape index (κ2) is 6.50. The highest BCUT2D eigenvalue weighted by Crippen LogP contribution is 2.35. The number of hydrogen-bond acceptors (Lipinski definition) is 2. The Bertz CT molecular complexity index is 458. The van der Waals surface area contributed by atoms with Crippen molar-refractivity contribution in [2.24, 2.45) is 5.92 Å². The molecule has 2 rings (SSSR count). The molecule has 0 heterocycles. The van der Waals surface area contributed by atoms with Crippen molar-refractivity contribution >= 4 is 6.09 Å². The van der Waals surface area contributed by atoms with Crippen molar-refractivity contribution in [2.75, 3.05) is 0 Å². The largest absolute Gasteiger partial charge is 0.444 e. The lowest BCUT2D eigenvalue weighted by atomic mass is 9.78. The lowest BCUT2D eigenvalue weighted by molar-refractivity contribution is -0.00482. The van der Waals surface area contributed by atoms with Crippen molar-refractivity contribution in [3.05, 3.63) is 35.9 Å². The number of nitrogens with zero attached hydrogens (tertiary/aromatic N) is 1. The first-order chi connectivity index (χ1) is 9.89. The number of carbonyl (C=O) groups excluding carboxylic acids is 1. The number of carbonyl (C=O) groups is 1. The van der Waals surface area contributed by atoms with Gasteiger partial charge in [0.05, 0.1) is 0 Å². The Hall–Kier alpha value is -1.51. The van der Waals surface area contributed by atoms with Gasteiger partial charge in [-0.2, -0.15) is 0 Å². The van der Waals surface area contributed by atoms with Crippen LogP contribution in [0.4, 0.5) is 4.79 Å². The van der Waals surface area contributed by atoms with Crippen LogP contribution in [0.2, 0.25) is 0 Å². The fraction of sp³-hybridized carbons (Fsp3) is 0.611. The molecule has 3 nitrogen and oxygen atoms in total. The predicted molar refractivity (Wildman–Crippen MR) is 85.0 cm³/mol. The maximum atomic E-state index is 12.5. The van der Waals surface area contributed by atoms with Gasteiger partial charge in [-0.1, -0.05) is 43.7 Å². The van der Waals surface area contributed by atoms with Crippen LogP contribution >= 0.6 is 0 Å². The van der Waals surface area contributed by atoms with Crippen LogP contribution in [0.15, 0.2) is 30.3 Å². The first-order valence-corrected chi connectivity index (χ1v) is 7.92.